The van der Waals surface area contributed by atoms with Gasteiger partial charge in [-0.3, -0.25) is 4.79 Å². The summed E-state index contributed by atoms with van der Waals surface area (Å²) in [7, 11) is 1.42. The molecule has 0 atom stereocenters. The van der Waals surface area contributed by atoms with E-state index in [0.29, 0.717) is 16.2 Å². The maximum Gasteiger partial charge on any atom is 0.286 e. The normalized spacial score (nSPS) is 15.5. The van der Waals surface area contributed by atoms with Gasteiger partial charge in [0.1, 0.15) is 11.5 Å². The van der Waals surface area contributed by atoms with Crippen molar-refractivity contribution in [1.29, 1.82) is 0 Å². The van der Waals surface area contributed by atoms with E-state index in [-0.39, 0.29) is 16.7 Å². The van der Waals surface area contributed by atoms with Gasteiger partial charge in [0.15, 0.2) is 16.7 Å². The molecule has 0 spiro atoms. The van der Waals surface area contributed by atoms with Crippen LogP contribution in [-0.2, 0) is 4.79 Å². The van der Waals surface area contributed by atoms with Gasteiger partial charge in [-0.2, -0.15) is 4.99 Å². The first kappa shape index (κ1) is 16.1. The van der Waals surface area contributed by atoms with E-state index in [9.17, 15) is 9.18 Å². The van der Waals surface area contributed by atoms with Gasteiger partial charge >= 0.3 is 0 Å². The fraction of sp³-hybridized carbons (Fsp3) is 0.0588. The summed E-state index contributed by atoms with van der Waals surface area (Å²) in [4.78, 5) is 15.7. The molecule has 7 heteroatoms. The van der Waals surface area contributed by atoms with Crippen molar-refractivity contribution in [2.45, 2.75) is 0 Å². The first-order valence-electron chi connectivity index (χ1n) is 6.95. The van der Waals surface area contributed by atoms with Gasteiger partial charge in [0.25, 0.3) is 5.91 Å². The Hall–Kier alpha value is -2.80. The van der Waals surface area contributed by atoms with Gasteiger partial charge in [0.05, 0.1) is 12.0 Å². The zero-order valence-corrected chi connectivity index (χ0v) is 13.5. The van der Waals surface area contributed by atoms with E-state index >= 15 is 0 Å². The van der Waals surface area contributed by atoms with Crippen LogP contribution in [0.2, 0.25) is 0 Å². The second-order valence-electron chi connectivity index (χ2n) is 4.81. The molecule has 3 rings (SSSR count). The number of amidine groups is 1. The second-order valence-corrected chi connectivity index (χ2v) is 5.87. The van der Waals surface area contributed by atoms with Crippen LogP contribution < -0.4 is 15.2 Å². The summed E-state index contributed by atoms with van der Waals surface area (Å²) in [5.74, 6) is -0.204. The number of carbonyl (C=O) groups excluding carboxylic acids is 1. The van der Waals surface area contributed by atoms with E-state index < -0.39 is 11.7 Å². The maximum atomic E-state index is 14.2. The van der Waals surface area contributed by atoms with Crippen molar-refractivity contribution < 1.29 is 18.7 Å². The lowest BCUT2D eigenvalue weighted by Crippen LogP contribution is -2.01. The molecular formula is C17H13FN2O3S. The molecule has 0 aliphatic carbocycles. The number of halogens is 1. The van der Waals surface area contributed by atoms with Crippen molar-refractivity contribution >= 4 is 28.9 Å². The smallest absolute Gasteiger partial charge is 0.286 e. The van der Waals surface area contributed by atoms with Crippen molar-refractivity contribution in [3.8, 4) is 17.2 Å². The molecule has 24 heavy (non-hydrogen) atoms. The molecule has 0 radical (unpaired) electrons. The van der Waals surface area contributed by atoms with Crippen LogP contribution in [0.25, 0.3) is 6.08 Å². The largest absolute Gasteiger partial charge is 0.496 e. The fourth-order valence-corrected chi connectivity index (χ4v) is 2.77. The van der Waals surface area contributed by atoms with E-state index in [1.54, 1.807) is 30.3 Å². The number of nitrogens with zero attached hydrogens (tertiary/aromatic N) is 1. The van der Waals surface area contributed by atoms with Crippen molar-refractivity contribution in [3.05, 3.63) is 58.8 Å². The number of hydrogen-bond acceptors (Lipinski definition) is 5. The molecule has 0 aromatic heterocycles. The second kappa shape index (κ2) is 6.76. The minimum absolute atomic E-state index is 0.0261. The van der Waals surface area contributed by atoms with Crippen LogP contribution in [0.1, 0.15) is 5.56 Å². The molecule has 1 aliphatic heterocycles. The van der Waals surface area contributed by atoms with E-state index in [2.05, 4.69) is 4.99 Å². The Morgan fingerprint density at radius 3 is 2.58 bits per heavy atom. The Kier molecular flexibility index (Phi) is 4.52. The third-order valence-electron chi connectivity index (χ3n) is 3.18. The molecule has 0 bridgehead atoms. The predicted octanol–water partition coefficient (Wildman–Crippen LogP) is 3.56. The SMILES string of the molecule is COc1cc(F)c(Oc2ccccc2)cc1C=C1SC(N)=NC1=O. The first-order valence-corrected chi connectivity index (χ1v) is 7.77. The zero-order chi connectivity index (χ0) is 17.1. The molecule has 0 fully saturated rings. The third kappa shape index (κ3) is 3.41. The van der Waals surface area contributed by atoms with Crippen LogP contribution in [0.4, 0.5) is 4.39 Å². The van der Waals surface area contributed by atoms with E-state index in [1.165, 1.54) is 19.2 Å². The number of amides is 1. The molecule has 1 heterocycles. The third-order valence-corrected chi connectivity index (χ3v) is 3.99. The molecule has 1 amide bonds. The fourth-order valence-electron chi connectivity index (χ4n) is 2.10. The van der Waals surface area contributed by atoms with Gasteiger partial charge in [-0.25, -0.2) is 4.39 Å². The predicted molar refractivity (Wildman–Crippen MR) is 91.7 cm³/mol. The maximum absolute atomic E-state index is 14.2. The summed E-state index contributed by atoms with van der Waals surface area (Å²) >= 11 is 1.05. The number of methoxy groups -OCH3 is 1. The summed E-state index contributed by atoms with van der Waals surface area (Å²) in [5, 5.41) is 0.174. The van der Waals surface area contributed by atoms with E-state index in [4.69, 9.17) is 15.2 Å². The number of para-hydroxylation sites is 1. The monoisotopic (exact) mass is 344 g/mol. The Labute approximate surface area is 142 Å². The summed E-state index contributed by atoms with van der Waals surface area (Å²) in [5.41, 5.74) is 6.02. The molecule has 1 aliphatic rings. The minimum atomic E-state index is -0.570. The lowest BCUT2D eigenvalue weighted by atomic mass is 10.1. The van der Waals surface area contributed by atoms with E-state index in [0.717, 1.165) is 11.8 Å². The van der Waals surface area contributed by atoms with Crippen LogP contribution in [0.5, 0.6) is 17.2 Å². The van der Waals surface area contributed by atoms with Gasteiger partial charge in [0, 0.05) is 11.6 Å². The topological polar surface area (TPSA) is 73.9 Å². The number of benzene rings is 2. The van der Waals surface area contributed by atoms with Crippen molar-refractivity contribution in [2.24, 2.45) is 10.7 Å². The molecule has 0 saturated heterocycles. The molecule has 2 N–H and O–H groups in total. The minimum Gasteiger partial charge on any atom is -0.496 e. The number of thioether (sulfide) groups is 1. The van der Waals surface area contributed by atoms with Crippen LogP contribution in [0.15, 0.2) is 52.4 Å². The molecular weight excluding hydrogens is 331 g/mol. The van der Waals surface area contributed by atoms with Gasteiger partial charge in [-0.05, 0) is 36.0 Å². The highest BCUT2D eigenvalue weighted by atomic mass is 32.2. The van der Waals surface area contributed by atoms with Crippen LogP contribution in [-0.4, -0.2) is 18.2 Å². The van der Waals surface area contributed by atoms with Crippen LogP contribution in [0, 0.1) is 5.82 Å². The average molecular weight is 344 g/mol. The molecule has 5 nitrogen and oxygen atoms in total. The average Bonchev–Trinajstić information content (AvgIpc) is 2.88. The van der Waals surface area contributed by atoms with Crippen LogP contribution in [0.3, 0.4) is 0 Å². The van der Waals surface area contributed by atoms with E-state index in [1.807, 2.05) is 6.07 Å². The summed E-state index contributed by atoms with van der Waals surface area (Å²) in [6.45, 7) is 0. The van der Waals surface area contributed by atoms with Crippen LogP contribution >= 0.6 is 11.8 Å². The number of carbonyl (C=O) groups is 1. The molecule has 122 valence electrons. The van der Waals surface area contributed by atoms with Crippen molar-refractivity contribution in [3.63, 3.8) is 0 Å². The Bertz CT molecular complexity index is 850. The van der Waals surface area contributed by atoms with Crippen molar-refractivity contribution in [1.82, 2.24) is 0 Å². The standard InChI is InChI=1S/C17H13FN2O3S/c1-22-13-9-12(18)14(23-11-5-3-2-4-6-11)7-10(13)8-15-16(21)20-17(19)24-15/h2-9H,1H3,(H2,19,20,21). The molecule has 0 unspecified atom stereocenters. The number of rotatable bonds is 4. The van der Waals surface area contributed by atoms with Gasteiger partial charge < -0.3 is 15.2 Å². The Morgan fingerprint density at radius 1 is 1.21 bits per heavy atom. The van der Waals surface area contributed by atoms with Gasteiger partial charge in [-0.1, -0.05) is 18.2 Å². The number of ether oxygens (including phenoxy) is 2. The highest BCUT2D eigenvalue weighted by Gasteiger charge is 2.21. The first-order chi connectivity index (χ1) is 11.6. The number of nitrogens with two attached hydrogens (primary N) is 1. The highest BCUT2D eigenvalue weighted by Crippen LogP contribution is 2.34. The highest BCUT2D eigenvalue weighted by molar-refractivity contribution is 8.18. The summed E-state index contributed by atoms with van der Waals surface area (Å²) in [6, 6.07) is 11.5. The molecule has 2 aromatic rings. The van der Waals surface area contributed by atoms with Gasteiger partial charge in [0.2, 0.25) is 0 Å². The zero-order valence-electron chi connectivity index (χ0n) is 12.7. The van der Waals surface area contributed by atoms with Gasteiger partial charge in [-0.15, -0.1) is 0 Å². The Morgan fingerprint density at radius 2 is 1.96 bits per heavy atom. The molecule has 2 aromatic carbocycles. The lowest BCUT2D eigenvalue weighted by Gasteiger charge is -2.11. The lowest BCUT2D eigenvalue weighted by molar-refractivity contribution is -0.113. The summed E-state index contributed by atoms with van der Waals surface area (Å²) < 4.78 is 24.9. The Balaban J connectivity index is 1.98. The van der Waals surface area contributed by atoms with Crippen molar-refractivity contribution in [2.75, 3.05) is 7.11 Å². The molecule has 0 saturated carbocycles. The quantitative estimate of drug-likeness (QED) is 0.859. The number of aliphatic imine (C=N–C) groups is 1. The summed E-state index contributed by atoms with van der Waals surface area (Å²) in [6.07, 6.45) is 1.55. The number of hydrogen-bond donors (Lipinski definition) is 1.